The SMILES string of the molecule is CCCCCCCCCCCCCCc1cccc(OC(CC)OC(=O)C(C)C[N+](C)(C)Cc2ccccc2)c1. The first-order chi connectivity index (χ1) is 19.3. The highest BCUT2D eigenvalue weighted by Gasteiger charge is 2.27. The lowest BCUT2D eigenvalue weighted by molar-refractivity contribution is -0.905. The average molecular weight is 553 g/mol. The highest BCUT2D eigenvalue weighted by Crippen LogP contribution is 2.20. The number of nitrogens with zero attached hydrogens (tertiary/aromatic N) is 1. The van der Waals surface area contributed by atoms with E-state index >= 15 is 0 Å². The second-order valence-electron chi connectivity index (χ2n) is 12.3. The molecule has 4 nitrogen and oxygen atoms in total. The molecule has 2 rings (SSSR count). The van der Waals surface area contributed by atoms with Gasteiger partial charge in [0.1, 0.15) is 18.2 Å². The van der Waals surface area contributed by atoms with E-state index in [4.69, 9.17) is 9.47 Å². The van der Waals surface area contributed by atoms with Gasteiger partial charge in [0.05, 0.1) is 20.6 Å². The fourth-order valence-corrected chi connectivity index (χ4v) is 5.49. The number of esters is 1. The number of hydrogen-bond donors (Lipinski definition) is 0. The number of rotatable bonds is 22. The van der Waals surface area contributed by atoms with E-state index < -0.39 is 6.29 Å². The Bertz CT molecular complexity index is 927. The van der Waals surface area contributed by atoms with Crippen molar-refractivity contribution in [2.75, 3.05) is 20.6 Å². The van der Waals surface area contributed by atoms with Crippen LogP contribution in [0.5, 0.6) is 5.75 Å². The first kappa shape index (κ1) is 33.9. The molecule has 0 aliphatic carbocycles. The van der Waals surface area contributed by atoms with Crippen molar-refractivity contribution in [1.29, 1.82) is 0 Å². The molecule has 0 amide bonds. The van der Waals surface area contributed by atoms with Gasteiger partial charge < -0.3 is 14.0 Å². The lowest BCUT2D eigenvalue weighted by Gasteiger charge is -2.32. The lowest BCUT2D eigenvalue weighted by Crippen LogP contribution is -2.44. The van der Waals surface area contributed by atoms with Crippen LogP contribution in [0.15, 0.2) is 54.6 Å². The summed E-state index contributed by atoms with van der Waals surface area (Å²) in [6, 6.07) is 18.7. The van der Waals surface area contributed by atoms with E-state index in [1.165, 1.54) is 88.2 Å². The third-order valence-corrected chi connectivity index (χ3v) is 7.69. The highest BCUT2D eigenvalue weighted by atomic mass is 16.7. The predicted octanol–water partition coefficient (Wildman–Crippen LogP) is 9.50. The van der Waals surface area contributed by atoms with E-state index in [1.807, 2.05) is 32.0 Å². The summed E-state index contributed by atoms with van der Waals surface area (Å²) in [5, 5.41) is 0. The van der Waals surface area contributed by atoms with Gasteiger partial charge in [-0.05, 0) is 37.5 Å². The second-order valence-corrected chi connectivity index (χ2v) is 12.3. The molecule has 4 heteroatoms. The Morgan fingerprint density at radius 3 is 1.93 bits per heavy atom. The normalized spacial score (nSPS) is 13.1. The third-order valence-electron chi connectivity index (χ3n) is 7.69. The van der Waals surface area contributed by atoms with Crippen molar-refractivity contribution in [2.45, 2.75) is 123 Å². The number of unbranched alkanes of at least 4 members (excludes halogenated alkanes) is 11. The molecule has 2 unspecified atom stereocenters. The molecule has 0 saturated heterocycles. The lowest BCUT2D eigenvalue weighted by atomic mass is 10.0. The van der Waals surface area contributed by atoms with Gasteiger partial charge in [-0.3, -0.25) is 4.79 Å². The maximum atomic E-state index is 12.9. The Morgan fingerprint density at radius 1 is 0.750 bits per heavy atom. The summed E-state index contributed by atoms with van der Waals surface area (Å²) in [6.45, 7) is 7.81. The standard InChI is InChI=1S/C36H58NO3/c1-6-8-9-10-11-12-13-14-15-16-17-19-23-32-26-22-27-34(28-32)39-35(7-2)40-36(38)31(3)29-37(4,5)30-33-24-20-18-21-25-33/h18,20-22,24-28,31,35H,6-17,19,23,29-30H2,1-5H3/q+1. The summed E-state index contributed by atoms with van der Waals surface area (Å²) in [5.74, 6) is 0.371. The molecule has 2 aromatic carbocycles. The molecule has 0 aliphatic rings. The van der Waals surface area contributed by atoms with Crippen molar-refractivity contribution < 1.29 is 18.8 Å². The second kappa shape index (κ2) is 19.7. The topological polar surface area (TPSA) is 35.5 Å². The summed E-state index contributed by atoms with van der Waals surface area (Å²) in [7, 11) is 4.32. The fraction of sp³-hybridized carbons (Fsp3) is 0.639. The highest BCUT2D eigenvalue weighted by molar-refractivity contribution is 5.72. The van der Waals surface area contributed by atoms with Crippen LogP contribution < -0.4 is 4.74 Å². The quantitative estimate of drug-likeness (QED) is 0.0631. The van der Waals surface area contributed by atoms with Crippen molar-refractivity contribution in [1.82, 2.24) is 0 Å². The number of ether oxygens (including phenoxy) is 2. The van der Waals surface area contributed by atoms with Crippen molar-refractivity contribution >= 4 is 5.97 Å². The molecular weight excluding hydrogens is 494 g/mol. The molecular formula is C36H58NO3+. The largest absolute Gasteiger partial charge is 0.455 e. The van der Waals surface area contributed by atoms with Gasteiger partial charge in [0.2, 0.25) is 6.29 Å². The van der Waals surface area contributed by atoms with Gasteiger partial charge in [0.25, 0.3) is 0 Å². The monoisotopic (exact) mass is 552 g/mol. The van der Waals surface area contributed by atoms with Gasteiger partial charge in [-0.15, -0.1) is 0 Å². The third kappa shape index (κ3) is 14.9. The molecule has 0 saturated carbocycles. The van der Waals surface area contributed by atoms with Crippen molar-refractivity contribution in [3.63, 3.8) is 0 Å². The molecule has 0 N–H and O–H groups in total. The molecule has 2 aromatic rings. The maximum Gasteiger partial charge on any atom is 0.317 e. The molecule has 0 heterocycles. The number of quaternary nitrogens is 1. The number of benzene rings is 2. The van der Waals surface area contributed by atoms with Gasteiger partial charge in [0, 0.05) is 12.0 Å². The van der Waals surface area contributed by atoms with Crippen LogP contribution in [0.25, 0.3) is 0 Å². The molecule has 2 atom stereocenters. The Hall–Kier alpha value is -2.33. The van der Waals surface area contributed by atoms with E-state index in [9.17, 15) is 4.79 Å². The van der Waals surface area contributed by atoms with Crippen LogP contribution in [0.1, 0.15) is 115 Å². The van der Waals surface area contributed by atoms with Crippen LogP contribution in [0.4, 0.5) is 0 Å². The van der Waals surface area contributed by atoms with E-state index in [0.717, 1.165) is 23.2 Å². The van der Waals surface area contributed by atoms with Gasteiger partial charge in [0.15, 0.2) is 0 Å². The van der Waals surface area contributed by atoms with Crippen LogP contribution in [-0.4, -0.2) is 37.4 Å². The number of aryl methyl sites for hydroxylation is 1. The van der Waals surface area contributed by atoms with Gasteiger partial charge >= 0.3 is 5.97 Å². The zero-order chi connectivity index (χ0) is 29.1. The van der Waals surface area contributed by atoms with Crippen LogP contribution in [0.2, 0.25) is 0 Å². The van der Waals surface area contributed by atoms with Gasteiger partial charge in [-0.2, -0.15) is 0 Å². The zero-order valence-corrected chi connectivity index (χ0v) is 26.3. The van der Waals surface area contributed by atoms with E-state index in [1.54, 1.807) is 0 Å². The average Bonchev–Trinajstić information content (AvgIpc) is 2.93. The van der Waals surface area contributed by atoms with Gasteiger partial charge in [-0.25, -0.2) is 0 Å². The smallest absolute Gasteiger partial charge is 0.317 e. The van der Waals surface area contributed by atoms with Crippen LogP contribution in [0.3, 0.4) is 0 Å². The summed E-state index contributed by atoms with van der Waals surface area (Å²) in [6.07, 6.45) is 17.5. The van der Waals surface area contributed by atoms with Crippen molar-refractivity contribution in [3.05, 3.63) is 65.7 Å². The zero-order valence-electron chi connectivity index (χ0n) is 26.3. The molecule has 40 heavy (non-hydrogen) atoms. The Balaban J connectivity index is 1.67. The molecule has 0 radical (unpaired) electrons. The fourth-order valence-electron chi connectivity index (χ4n) is 5.49. The van der Waals surface area contributed by atoms with E-state index in [2.05, 4.69) is 57.4 Å². The summed E-state index contributed by atoms with van der Waals surface area (Å²) < 4.78 is 12.6. The van der Waals surface area contributed by atoms with Crippen molar-refractivity contribution in [3.8, 4) is 5.75 Å². The predicted molar refractivity (Wildman–Crippen MR) is 168 cm³/mol. The number of hydrogen-bond acceptors (Lipinski definition) is 3. The minimum absolute atomic E-state index is 0.196. The minimum atomic E-state index is -0.568. The Labute approximate surface area is 246 Å². The molecule has 0 spiro atoms. The molecule has 0 aromatic heterocycles. The number of carbonyl (C=O) groups is 1. The van der Waals surface area contributed by atoms with Gasteiger partial charge in [-0.1, -0.05) is 127 Å². The van der Waals surface area contributed by atoms with Crippen LogP contribution in [0, 0.1) is 5.92 Å². The summed E-state index contributed by atoms with van der Waals surface area (Å²) in [5.41, 5.74) is 2.56. The first-order valence-electron chi connectivity index (χ1n) is 16.1. The maximum absolute atomic E-state index is 12.9. The van der Waals surface area contributed by atoms with Crippen LogP contribution in [-0.2, 0) is 22.5 Å². The Morgan fingerprint density at radius 2 is 1.32 bits per heavy atom. The van der Waals surface area contributed by atoms with E-state index in [0.29, 0.717) is 13.0 Å². The van der Waals surface area contributed by atoms with E-state index in [-0.39, 0.29) is 11.9 Å². The Kier molecular flexibility index (Phi) is 16.7. The van der Waals surface area contributed by atoms with Crippen molar-refractivity contribution in [2.24, 2.45) is 5.92 Å². The number of carbonyl (C=O) groups excluding carboxylic acids is 1. The first-order valence-corrected chi connectivity index (χ1v) is 16.1. The molecule has 0 aliphatic heterocycles. The van der Waals surface area contributed by atoms with Crippen LogP contribution >= 0.6 is 0 Å². The molecule has 0 bridgehead atoms. The summed E-state index contributed by atoms with van der Waals surface area (Å²) >= 11 is 0. The summed E-state index contributed by atoms with van der Waals surface area (Å²) in [4.78, 5) is 12.9. The minimum Gasteiger partial charge on any atom is -0.455 e. The molecule has 0 fully saturated rings. The molecule has 224 valence electrons.